The molecule has 3 rings (SSSR count). The van der Waals surface area contributed by atoms with E-state index in [1.54, 1.807) is 11.0 Å². The van der Waals surface area contributed by atoms with Crippen LogP contribution in [0.2, 0.25) is 0 Å². The number of alkyl halides is 3. The Morgan fingerprint density at radius 1 is 1.14 bits per heavy atom. The van der Waals surface area contributed by atoms with Crippen molar-refractivity contribution in [2.75, 3.05) is 24.5 Å². The molecule has 2 aliphatic rings. The fourth-order valence-corrected chi connectivity index (χ4v) is 3.54. The number of carbonyl (C=O) groups excluding carboxylic acids is 1. The zero-order valence-electron chi connectivity index (χ0n) is 12.2. The van der Waals surface area contributed by atoms with Crippen LogP contribution >= 0.6 is 0 Å². The number of carbonyl (C=O) groups is 1. The van der Waals surface area contributed by atoms with Crippen LogP contribution in [-0.4, -0.2) is 25.5 Å². The van der Waals surface area contributed by atoms with Gasteiger partial charge in [-0.3, -0.25) is 4.79 Å². The fourth-order valence-electron chi connectivity index (χ4n) is 3.54. The first kappa shape index (κ1) is 15.3. The van der Waals surface area contributed by atoms with Gasteiger partial charge >= 0.3 is 6.18 Å². The standard InChI is InChI=1S/C16H19F3N2O/c17-16(18,19)12-3-1-4-13(11-12)21-10-2-5-15(14(21)22)6-8-20-9-7-15/h1,3-4,11,20H,2,5-10H2. The maximum Gasteiger partial charge on any atom is 0.416 e. The summed E-state index contributed by atoms with van der Waals surface area (Å²) in [5, 5.41) is 3.24. The molecule has 1 aromatic carbocycles. The summed E-state index contributed by atoms with van der Waals surface area (Å²) in [6, 6.07) is 5.08. The molecule has 2 aliphatic heterocycles. The van der Waals surface area contributed by atoms with E-state index in [0.717, 1.165) is 50.9 Å². The van der Waals surface area contributed by atoms with E-state index in [9.17, 15) is 18.0 Å². The molecular formula is C16H19F3N2O. The normalized spacial score (nSPS) is 22.1. The number of amides is 1. The molecule has 1 N–H and O–H groups in total. The van der Waals surface area contributed by atoms with Crippen molar-refractivity contribution >= 4 is 11.6 Å². The first-order valence-corrected chi connectivity index (χ1v) is 7.62. The van der Waals surface area contributed by atoms with Gasteiger partial charge in [-0.1, -0.05) is 6.07 Å². The highest BCUT2D eigenvalue weighted by Crippen LogP contribution is 2.41. The van der Waals surface area contributed by atoms with Gasteiger partial charge in [0.05, 0.1) is 11.0 Å². The van der Waals surface area contributed by atoms with Gasteiger partial charge in [0.1, 0.15) is 0 Å². The minimum atomic E-state index is -4.39. The van der Waals surface area contributed by atoms with E-state index in [1.165, 1.54) is 6.07 Å². The molecule has 1 amide bonds. The third kappa shape index (κ3) is 2.72. The maximum absolute atomic E-state index is 12.9. The third-order valence-electron chi connectivity index (χ3n) is 4.78. The van der Waals surface area contributed by atoms with Crippen molar-refractivity contribution in [3.05, 3.63) is 29.8 Å². The van der Waals surface area contributed by atoms with Gasteiger partial charge < -0.3 is 10.2 Å². The molecule has 0 atom stereocenters. The second kappa shape index (κ2) is 5.57. The van der Waals surface area contributed by atoms with Crippen molar-refractivity contribution in [1.29, 1.82) is 0 Å². The summed E-state index contributed by atoms with van der Waals surface area (Å²) >= 11 is 0. The van der Waals surface area contributed by atoms with Gasteiger partial charge in [-0.15, -0.1) is 0 Å². The highest BCUT2D eigenvalue weighted by Gasteiger charge is 2.45. The number of piperidine rings is 2. The molecule has 6 heteroatoms. The molecule has 2 saturated heterocycles. The average molecular weight is 312 g/mol. The first-order valence-electron chi connectivity index (χ1n) is 7.62. The van der Waals surface area contributed by atoms with Crippen molar-refractivity contribution in [2.45, 2.75) is 31.9 Å². The summed E-state index contributed by atoms with van der Waals surface area (Å²) < 4.78 is 38.6. The summed E-state index contributed by atoms with van der Waals surface area (Å²) in [6.07, 6.45) is -1.19. The van der Waals surface area contributed by atoms with Gasteiger partial charge in [-0.25, -0.2) is 0 Å². The van der Waals surface area contributed by atoms with E-state index in [0.29, 0.717) is 12.2 Å². The minimum Gasteiger partial charge on any atom is -0.317 e. The topological polar surface area (TPSA) is 32.3 Å². The second-order valence-corrected chi connectivity index (χ2v) is 6.14. The largest absolute Gasteiger partial charge is 0.416 e. The Morgan fingerprint density at radius 3 is 2.55 bits per heavy atom. The van der Waals surface area contributed by atoms with E-state index in [1.807, 2.05) is 0 Å². The number of hydrogen-bond donors (Lipinski definition) is 1. The summed E-state index contributed by atoms with van der Waals surface area (Å²) in [5.74, 6) is -0.0143. The SMILES string of the molecule is O=C1N(c2cccc(C(F)(F)F)c2)CCCC12CCNCC2. The Hall–Kier alpha value is -1.56. The van der Waals surface area contributed by atoms with Crippen molar-refractivity contribution in [3.8, 4) is 0 Å². The van der Waals surface area contributed by atoms with Crippen LogP contribution in [0.25, 0.3) is 0 Å². The Balaban J connectivity index is 1.89. The van der Waals surface area contributed by atoms with E-state index < -0.39 is 17.2 Å². The van der Waals surface area contributed by atoms with Crippen LogP contribution in [0.3, 0.4) is 0 Å². The number of benzene rings is 1. The third-order valence-corrected chi connectivity index (χ3v) is 4.78. The smallest absolute Gasteiger partial charge is 0.317 e. The number of hydrogen-bond acceptors (Lipinski definition) is 2. The van der Waals surface area contributed by atoms with Crippen molar-refractivity contribution < 1.29 is 18.0 Å². The van der Waals surface area contributed by atoms with Gasteiger partial charge in [0.2, 0.25) is 5.91 Å². The summed E-state index contributed by atoms with van der Waals surface area (Å²) in [4.78, 5) is 14.4. The van der Waals surface area contributed by atoms with Crippen molar-refractivity contribution in [2.24, 2.45) is 5.41 Å². The fraction of sp³-hybridized carbons (Fsp3) is 0.562. The minimum absolute atomic E-state index is 0.0143. The number of halogens is 3. The Labute approximate surface area is 127 Å². The number of anilines is 1. The molecule has 0 aromatic heterocycles. The highest BCUT2D eigenvalue weighted by atomic mass is 19.4. The zero-order chi connectivity index (χ0) is 15.8. The molecule has 2 heterocycles. The first-order chi connectivity index (χ1) is 10.4. The lowest BCUT2D eigenvalue weighted by atomic mass is 9.72. The molecule has 3 nitrogen and oxygen atoms in total. The predicted octanol–water partition coefficient (Wildman–Crippen LogP) is 3.20. The number of nitrogens with one attached hydrogen (secondary N) is 1. The van der Waals surface area contributed by atoms with Gasteiger partial charge in [0, 0.05) is 12.2 Å². The number of nitrogens with zero attached hydrogens (tertiary/aromatic N) is 1. The summed E-state index contributed by atoms with van der Waals surface area (Å²) in [5.41, 5.74) is -0.738. The Bertz CT molecular complexity index is 559. The summed E-state index contributed by atoms with van der Waals surface area (Å²) in [6.45, 7) is 2.08. The van der Waals surface area contributed by atoms with E-state index in [4.69, 9.17) is 0 Å². The average Bonchev–Trinajstić information content (AvgIpc) is 2.50. The molecule has 120 valence electrons. The van der Waals surface area contributed by atoms with Gasteiger partial charge in [-0.05, 0) is 57.0 Å². The molecule has 22 heavy (non-hydrogen) atoms. The quantitative estimate of drug-likeness (QED) is 0.863. The molecule has 0 radical (unpaired) electrons. The lowest BCUT2D eigenvalue weighted by Crippen LogP contribution is -2.53. The van der Waals surface area contributed by atoms with Crippen molar-refractivity contribution in [1.82, 2.24) is 5.32 Å². The van der Waals surface area contributed by atoms with Crippen LogP contribution in [0.4, 0.5) is 18.9 Å². The van der Waals surface area contributed by atoms with Crippen LogP contribution in [0, 0.1) is 5.41 Å². The molecule has 0 saturated carbocycles. The lowest BCUT2D eigenvalue weighted by molar-refractivity contribution is -0.137. The zero-order valence-corrected chi connectivity index (χ0v) is 12.2. The highest BCUT2D eigenvalue weighted by molar-refractivity contribution is 5.98. The molecule has 0 bridgehead atoms. The molecule has 2 fully saturated rings. The molecule has 0 unspecified atom stereocenters. The lowest BCUT2D eigenvalue weighted by Gasteiger charge is -2.44. The van der Waals surface area contributed by atoms with Crippen LogP contribution in [0.15, 0.2) is 24.3 Å². The molecular weight excluding hydrogens is 293 g/mol. The maximum atomic E-state index is 12.9. The monoisotopic (exact) mass is 312 g/mol. The molecule has 0 aliphatic carbocycles. The van der Waals surface area contributed by atoms with Crippen LogP contribution < -0.4 is 10.2 Å². The van der Waals surface area contributed by atoms with Crippen LogP contribution in [0.1, 0.15) is 31.2 Å². The van der Waals surface area contributed by atoms with Crippen LogP contribution in [-0.2, 0) is 11.0 Å². The van der Waals surface area contributed by atoms with E-state index in [2.05, 4.69) is 5.32 Å². The van der Waals surface area contributed by atoms with E-state index >= 15 is 0 Å². The predicted molar refractivity (Wildman–Crippen MR) is 77.6 cm³/mol. The van der Waals surface area contributed by atoms with Gasteiger partial charge in [-0.2, -0.15) is 13.2 Å². The van der Waals surface area contributed by atoms with Crippen molar-refractivity contribution in [3.63, 3.8) is 0 Å². The van der Waals surface area contributed by atoms with Gasteiger partial charge in [0.15, 0.2) is 0 Å². The van der Waals surface area contributed by atoms with Gasteiger partial charge in [0.25, 0.3) is 0 Å². The molecule has 1 spiro atoms. The Kier molecular flexibility index (Phi) is 3.89. The summed E-state index contributed by atoms with van der Waals surface area (Å²) in [7, 11) is 0. The Morgan fingerprint density at radius 2 is 1.86 bits per heavy atom. The molecule has 1 aromatic rings. The van der Waals surface area contributed by atoms with Crippen LogP contribution in [0.5, 0.6) is 0 Å². The second-order valence-electron chi connectivity index (χ2n) is 6.14. The number of rotatable bonds is 1. The van der Waals surface area contributed by atoms with E-state index in [-0.39, 0.29) is 5.91 Å².